The molecule has 23 heavy (non-hydrogen) atoms. The predicted octanol–water partition coefficient (Wildman–Crippen LogP) is 1.18. The third kappa shape index (κ3) is 3.42. The molecule has 2 aromatic heterocycles. The van der Waals surface area contributed by atoms with Gasteiger partial charge in [0.2, 0.25) is 5.91 Å². The molecular formula is C17H23N5O. The molecule has 0 bridgehead atoms. The fourth-order valence-electron chi connectivity index (χ4n) is 2.97. The molecule has 1 amide bonds. The maximum atomic E-state index is 12.6. The van der Waals surface area contributed by atoms with Crippen LogP contribution in [0.1, 0.15) is 23.1 Å². The molecule has 1 saturated heterocycles. The van der Waals surface area contributed by atoms with E-state index < -0.39 is 0 Å². The van der Waals surface area contributed by atoms with E-state index in [1.807, 2.05) is 48.0 Å². The van der Waals surface area contributed by atoms with Gasteiger partial charge in [0.05, 0.1) is 12.5 Å². The van der Waals surface area contributed by atoms with E-state index in [1.54, 1.807) is 6.20 Å². The second-order valence-electron chi connectivity index (χ2n) is 6.22. The van der Waals surface area contributed by atoms with E-state index >= 15 is 0 Å². The highest BCUT2D eigenvalue weighted by Gasteiger charge is 2.30. The lowest BCUT2D eigenvalue weighted by molar-refractivity contribution is -0.133. The Morgan fingerprint density at radius 2 is 2.09 bits per heavy atom. The van der Waals surface area contributed by atoms with E-state index in [0.29, 0.717) is 13.0 Å². The molecule has 1 aliphatic rings. The molecule has 6 nitrogen and oxygen atoms in total. The van der Waals surface area contributed by atoms with Crippen LogP contribution in [-0.4, -0.2) is 56.9 Å². The number of rotatable bonds is 3. The van der Waals surface area contributed by atoms with Gasteiger partial charge in [-0.25, -0.2) is 4.98 Å². The van der Waals surface area contributed by atoms with E-state index in [2.05, 4.69) is 21.9 Å². The van der Waals surface area contributed by atoms with E-state index in [9.17, 15) is 4.79 Å². The molecule has 3 rings (SSSR count). The summed E-state index contributed by atoms with van der Waals surface area (Å²) < 4.78 is 2.03. The summed E-state index contributed by atoms with van der Waals surface area (Å²) in [5.41, 5.74) is 1.93. The van der Waals surface area contributed by atoms with Crippen LogP contribution in [-0.2, 0) is 18.3 Å². The van der Waals surface area contributed by atoms with E-state index in [4.69, 9.17) is 0 Å². The van der Waals surface area contributed by atoms with Crippen LogP contribution in [0.4, 0.5) is 0 Å². The van der Waals surface area contributed by atoms with Crippen molar-refractivity contribution in [1.82, 2.24) is 24.3 Å². The molecule has 0 aromatic carbocycles. The highest BCUT2D eigenvalue weighted by molar-refractivity contribution is 5.78. The minimum Gasteiger partial charge on any atom is -0.339 e. The smallest absolute Gasteiger partial charge is 0.227 e. The van der Waals surface area contributed by atoms with Gasteiger partial charge in [0.25, 0.3) is 0 Å². The molecule has 1 atom stereocenters. The topological polar surface area (TPSA) is 54.3 Å². The van der Waals surface area contributed by atoms with Crippen LogP contribution in [0.25, 0.3) is 0 Å². The maximum Gasteiger partial charge on any atom is 0.227 e. The van der Waals surface area contributed by atoms with E-state index in [-0.39, 0.29) is 11.9 Å². The third-order valence-electron chi connectivity index (χ3n) is 4.49. The second-order valence-corrected chi connectivity index (χ2v) is 6.22. The van der Waals surface area contributed by atoms with Crippen molar-refractivity contribution in [2.75, 3.05) is 26.7 Å². The van der Waals surface area contributed by atoms with Crippen LogP contribution >= 0.6 is 0 Å². The number of imidazole rings is 1. The quantitative estimate of drug-likeness (QED) is 0.854. The number of pyridine rings is 1. The van der Waals surface area contributed by atoms with Crippen molar-refractivity contribution in [3.63, 3.8) is 0 Å². The Hall–Kier alpha value is -2.21. The summed E-state index contributed by atoms with van der Waals surface area (Å²) in [6.07, 6.45) is 5.95. The minimum atomic E-state index is 0.142. The Morgan fingerprint density at radius 3 is 2.74 bits per heavy atom. The Kier molecular flexibility index (Phi) is 4.43. The SMILES string of the molecule is Cc1ccc(CC(=O)N2CCN(C)[C@@H](c3nccn3C)C2)cn1. The monoisotopic (exact) mass is 313 g/mol. The van der Waals surface area contributed by atoms with E-state index in [0.717, 1.165) is 30.2 Å². The van der Waals surface area contributed by atoms with Crippen molar-refractivity contribution >= 4 is 5.91 Å². The molecule has 0 unspecified atom stereocenters. The Morgan fingerprint density at radius 1 is 1.26 bits per heavy atom. The van der Waals surface area contributed by atoms with Crippen molar-refractivity contribution in [2.45, 2.75) is 19.4 Å². The molecule has 1 fully saturated rings. The van der Waals surface area contributed by atoms with Gasteiger partial charge >= 0.3 is 0 Å². The maximum absolute atomic E-state index is 12.6. The number of likely N-dealkylation sites (N-methyl/N-ethyl adjacent to an activating group) is 1. The van der Waals surface area contributed by atoms with Gasteiger partial charge in [0.15, 0.2) is 0 Å². The molecule has 1 aliphatic heterocycles. The van der Waals surface area contributed by atoms with Gasteiger partial charge in [0, 0.05) is 51.0 Å². The first-order valence-electron chi connectivity index (χ1n) is 7.91. The second kappa shape index (κ2) is 6.50. The molecule has 0 aliphatic carbocycles. The zero-order valence-corrected chi connectivity index (χ0v) is 13.9. The Bertz CT molecular complexity index is 679. The number of nitrogens with zero attached hydrogens (tertiary/aromatic N) is 5. The van der Waals surface area contributed by atoms with Crippen LogP contribution in [0.15, 0.2) is 30.7 Å². The molecular weight excluding hydrogens is 290 g/mol. The van der Waals surface area contributed by atoms with Crippen LogP contribution in [0.3, 0.4) is 0 Å². The highest BCUT2D eigenvalue weighted by Crippen LogP contribution is 2.22. The lowest BCUT2D eigenvalue weighted by Crippen LogP contribution is -2.50. The summed E-state index contributed by atoms with van der Waals surface area (Å²) >= 11 is 0. The first kappa shape index (κ1) is 15.7. The first-order valence-corrected chi connectivity index (χ1v) is 7.91. The number of piperazine rings is 1. The molecule has 3 heterocycles. The van der Waals surface area contributed by atoms with Gasteiger partial charge in [-0.15, -0.1) is 0 Å². The van der Waals surface area contributed by atoms with Gasteiger partial charge in [-0.3, -0.25) is 14.7 Å². The van der Waals surface area contributed by atoms with Crippen molar-refractivity contribution in [3.05, 3.63) is 47.8 Å². The average Bonchev–Trinajstić information content (AvgIpc) is 2.96. The van der Waals surface area contributed by atoms with Crippen LogP contribution < -0.4 is 0 Å². The first-order chi connectivity index (χ1) is 11.0. The van der Waals surface area contributed by atoms with Crippen molar-refractivity contribution in [2.24, 2.45) is 7.05 Å². The largest absolute Gasteiger partial charge is 0.339 e. The minimum absolute atomic E-state index is 0.142. The summed E-state index contributed by atoms with van der Waals surface area (Å²) in [5, 5.41) is 0. The normalized spacial score (nSPS) is 19.1. The number of aryl methyl sites for hydroxylation is 2. The fraction of sp³-hybridized carbons (Fsp3) is 0.471. The number of hydrogen-bond donors (Lipinski definition) is 0. The summed E-state index contributed by atoms with van der Waals surface area (Å²) in [6.45, 7) is 4.24. The zero-order chi connectivity index (χ0) is 16.4. The van der Waals surface area contributed by atoms with Crippen molar-refractivity contribution < 1.29 is 4.79 Å². The molecule has 0 spiro atoms. The van der Waals surface area contributed by atoms with E-state index in [1.165, 1.54) is 0 Å². The summed E-state index contributed by atoms with van der Waals surface area (Å²) in [7, 11) is 4.08. The third-order valence-corrected chi connectivity index (χ3v) is 4.49. The number of aromatic nitrogens is 3. The lowest BCUT2D eigenvalue weighted by atomic mass is 10.1. The molecule has 0 saturated carbocycles. The van der Waals surface area contributed by atoms with Gasteiger partial charge in [-0.05, 0) is 25.6 Å². The Labute approximate surface area is 136 Å². The number of carbonyl (C=O) groups excluding carboxylic acids is 1. The lowest BCUT2D eigenvalue weighted by Gasteiger charge is -2.39. The average molecular weight is 313 g/mol. The molecule has 6 heteroatoms. The molecule has 0 N–H and O–H groups in total. The molecule has 0 radical (unpaired) electrons. The van der Waals surface area contributed by atoms with Crippen LogP contribution in [0.2, 0.25) is 0 Å². The number of amides is 1. The highest BCUT2D eigenvalue weighted by atomic mass is 16.2. The van der Waals surface area contributed by atoms with Gasteiger partial charge in [-0.1, -0.05) is 6.07 Å². The predicted molar refractivity (Wildman–Crippen MR) is 87.8 cm³/mol. The summed E-state index contributed by atoms with van der Waals surface area (Å²) in [5.74, 6) is 1.16. The number of carbonyl (C=O) groups is 1. The van der Waals surface area contributed by atoms with Gasteiger partial charge in [-0.2, -0.15) is 0 Å². The van der Waals surface area contributed by atoms with Crippen LogP contribution in [0.5, 0.6) is 0 Å². The molecule has 2 aromatic rings. The molecule has 122 valence electrons. The summed E-state index contributed by atoms with van der Waals surface area (Å²) in [6, 6.07) is 4.07. The van der Waals surface area contributed by atoms with Gasteiger partial charge in [0.1, 0.15) is 5.82 Å². The zero-order valence-electron chi connectivity index (χ0n) is 13.9. The van der Waals surface area contributed by atoms with Gasteiger partial charge < -0.3 is 9.47 Å². The van der Waals surface area contributed by atoms with Crippen LogP contribution in [0, 0.1) is 6.92 Å². The standard InChI is InChI=1S/C17H23N5O/c1-13-4-5-14(11-19-13)10-16(23)22-9-8-20(2)15(12-22)17-18-6-7-21(17)3/h4-7,11,15H,8-10,12H2,1-3H3/t15-/m1/s1. The Balaban J connectivity index is 1.69. The number of hydrogen-bond acceptors (Lipinski definition) is 4. The fourth-order valence-corrected chi connectivity index (χ4v) is 2.97. The van der Waals surface area contributed by atoms with Crippen molar-refractivity contribution in [1.29, 1.82) is 0 Å². The summed E-state index contributed by atoms with van der Waals surface area (Å²) in [4.78, 5) is 25.5. The van der Waals surface area contributed by atoms with Crippen molar-refractivity contribution in [3.8, 4) is 0 Å².